The van der Waals surface area contributed by atoms with Gasteiger partial charge in [0, 0.05) is 16.1 Å². The van der Waals surface area contributed by atoms with Crippen LogP contribution in [-0.4, -0.2) is 6.54 Å². The Kier molecular flexibility index (Phi) is 5.35. The lowest BCUT2D eigenvalue weighted by atomic mass is 10.0. The van der Waals surface area contributed by atoms with Crippen LogP contribution < -0.4 is 5.32 Å². The molecule has 1 aromatic carbocycles. The summed E-state index contributed by atoms with van der Waals surface area (Å²) in [4.78, 5) is 0. The van der Waals surface area contributed by atoms with E-state index in [2.05, 4.69) is 12.2 Å². The minimum atomic E-state index is 0.262. The summed E-state index contributed by atoms with van der Waals surface area (Å²) >= 11 is 12.2. The van der Waals surface area contributed by atoms with Crippen molar-refractivity contribution in [1.82, 2.24) is 5.32 Å². The maximum Gasteiger partial charge on any atom is 0.0454 e. The maximum absolute atomic E-state index is 6.20. The molecule has 1 aliphatic rings. The Labute approximate surface area is 120 Å². The molecule has 1 aromatic rings. The van der Waals surface area contributed by atoms with Gasteiger partial charge in [-0.1, -0.05) is 48.9 Å². The van der Waals surface area contributed by atoms with E-state index in [1.165, 1.54) is 32.1 Å². The van der Waals surface area contributed by atoms with Crippen molar-refractivity contribution in [2.45, 2.75) is 45.1 Å². The van der Waals surface area contributed by atoms with Crippen LogP contribution in [0.1, 0.15) is 50.6 Å². The van der Waals surface area contributed by atoms with Gasteiger partial charge in [0.25, 0.3) is 0 Å². The lowest BCUT2D eigenvalue weighted by Gasteiger charge is -2.17. The Bertz CT molecular complexity index is 386. The molecule has 1 N–H and O–H groups in total. The topological polar surface area (TPSA) is 12.0 Å². The zero-order valence-electron chi connectivity index (χ0n) is 10.9. The molecule has 0 saturated heterocycles. The van der Waals surface area contributed by atoms with Crippen LogP contribution in [0.5, 0.6) is 0 Å². The second-order valence-electron chi connectivity index (χ2n) is 5.28. The fourth-order valence-corrected chi connectivity index (χ4v) is 3.22. The number of benzene rings is 1. The highest BCUT2D eigenvalue weighted by molar-refractivity contribution is 6.33. The molecule has 0 heterocycles. The van der Waals surface area contributed by atoms with Crippen molar-refractivity contribution in [1.29, 1.82) is 0 Å². The number of rotatable bonds is 5. The Morgan fingerprint density at radius 2 is 2.00 bits per heavy atom. The van der Waals surface area contributed by atoms with E-state index in [1.54, 1.807) is 0 Å². The highest BCUT2D eigenvalue weighted by Gasteiger charge is 2.15. The third-order valence-electron chi connectivity index (χ3n) is 3.90. The molecule has 0 bridgehead atoms. The van der Waals surface area contributed by atoms with Gasteiger partial charge in [0.05, 0.1) is 0 Å². The number of hydrogen-bond acceptors (Lipinski definition) is 1. The Morgan fingerprint density at radius 3 is 2.72 bits per heavy atom. The standard InChI is InChI=1S/C15H21Cl2N/c1-11(14-10-13(16)6-7-15(14)17)18-9-8-12-4-2-3-5-12/h6-7,10-12,18H,2-5,8-9H2,1H3. The van der Waals surface area contributed by atoms with E-state index in [0.29, 0.717) is 0 Å². The van der Waals surface area contributed by atoms with Crippen LogP contribution in [0, 0.1) is 5.92 Å². The summed E-state index contributed by atoms with van der Waals surface area (Å²) in [5, 5.41) is 5.09. The first-order chi connectivity index (χ1) is 8.66. The third kappa shape index (κ3) is 3.88. The predicted octanol–water partition coefficient (Wildman–Crippen LogP) is 5.22. The van der Waals surface area contributed by atoms with Crippen LogP contribution in [0.15, 0.2) is 18.2 Å². The third-order valence-corrected chi connectivity index (χ3v) is 4.48. The second-order valence-corrected chi connectivity index (χ2v) is 6.12. The van der Waals surface area contributed by atoms with Crippen molar-refractivity contribution >= 4 is 23.2 Å². The number of nitrogens with one attached hydrogen (secondary N) is 1. The van der Waals surface area contributed by atoms with Gasteiger partial charge in [-0.2, -0.15) is 0 Å². The molecule has 0 radical (unpaired) electrons. The fourth-order valence-electron chi connectivity index (χ4n) is 2.76. The first kappa shape index (κ1) is 14.2. The van der Waals surface area contributed by atoms with Crippen LogP contribution in [0.4, 0.5) is 0 Å². The van der Waals surface area contributed by atoms with Gasteiger partial charge in [-0.15, -0.1) is 0 Å². The van der Waals surface area contributed by atoms with Gasteiger partial charge in [-0.3, -0.25) is 0 Å². The van der Waals surface area contributed by atoms with E-state index >= 15 is 0 Å². The van der Waals surface area contributed by atoms with Crippen molar-refractivity contribution in [3.63, 3.8) is 0 Å². The molecule has 1 saturated carbocycles. The summed E-state index contributed by atoms with van der Waals surface area (Å²) in [5.41, 5.74) is 1.09. The molecule has 100 valence electrons. The summed E-state index contributed by atoms with van der Waals surface area (Å²) in [6.07, 6.45) is 6.94. The predicted molar refractivity (Wildman–Crippen MR) is 79.5 cm³/mol. The average Bonchev–Trinajstić information content (AvgIpc) is 2.85. The summed E-state index contributed by atoms with van der Waals surface area (Å²) in [6, 6.07) is 5.92. The molecule has 0 aromatic heterocycles. The van der Waals surface area contributed by atoms with E-state index in [0.717, 1.165) is 28.1 Å². The molecule has 18 heavy (non-hydrogen) atoms. The van der Waals surface area contributed by atoms with E-state index in [4.69, 9.17) is 23.2 Å². The van der Waals surface area contributed by atoms with E-state index in [1.807, 2.05) is 18.2 Å². The molecule has 2 rings (SSSR count). The zero-order valence-corrected chi connectivity index (χ0v) is 12.4. The molecular weight excluding hydrogens is 265 g/mol. The van der Waals surface area contributed by atoms with Crippen LogP contribution in [0.3, 0.4) is 0 Å². The summed E-state index contributed by atoms with van der Waals surface area (Å²) < 4.78 is 0. The first-order valence-corrected chi connectivity index (χ1v) is 7.60. The Morgan fingerprint density at radius 1 is 1.28 bits per heavy atom. The van der Waals surface area contributed by atoms with Gasteiger partial charge in [-0.05, 0) is 49.6 Å². The van der Waals surface area contributed by atoms with Crippen molar-refractivity contribution in [3.8, 4) is 0 Å². The molecular formula is C15H21Cl2N. The van der Waals surface area contributed by atoms with E-state index in [-0.39, 0.29) is 6.04 Å². The van der Waals surface area contributed by atoms with E-state index in [9.17, 15) is 0 Å². The maximum atomic E-state index is 6.20. The molecule has 1 nitrogen and oxygen atoms in total. The molecule has 1 unspecified atom stereocenters. The first-order valence-electron chi connectivity index (χ1n) is 6.85. The van der Waals surface area contributed by atoms with Gasteiger partial charge in [0.1, 0.15) is 0 Å². The summed E-state index contributed by atoms with van der Waals surface area (Å²) in [6.45, 7) is 3.21. The minimum absolute atomic E-state index is 0.262. The van der Waals surface area contributed by atoms with Crippen LogP contribution in [-0.2, 0) is 0 Å². The Hall–Kier alpha value is -0.240. The summed E-state index contributed by atoms with van der Waals surface area (Å²) in [5.74, 6) is 0.930. The fraction of sp³-hybridized carbons (Fsp3) is 0.600. The van der Waals surface area contributed by atoms with Gasteiger partial charge in [0.15, 0.2) is 0 Å². The van der Waals surface area contributed by atoms with Gasteiger partial charge in [0.2, 0.25) is 0 Å². The lowest BCUT2D eigenvalue weighted by molar-refractivity contribution is 0.455. The van der Waals surface area contributed by atoms with Crippen LogP contribution in [0.25, 0.3) is 0 Å². The zero-order chi connectivity index (χ0) is 13.0. The summed E-state index contributed by atoms with van der Waals surface area (Å²) in [7, 11) is 0. The van der Waals surface area contributed by atoms with Crippen molar-refractivity contribution in [2.24, 2.45) is 5.92 Å². The molecule has 3 heteroatoms. The minimum Gasteiger partial charge on any atom is -0.310 e. The molecule has 0 aliphatic heterocycles. The molecule has 1 atom stereocenters. The largest absolute Gasteiger partial charge is 0.310 e. The number of halogens is 2. The highest BCUT2D eigenvalue weighted by atomic mass is 35.5. The SMILES string of the molecule is CC(NCCC1CCCC1)c1cc(Cl)ccc1Cl. The number of hydrogen-bond donors (Lipinski definition) is 1. The Balaban J connectivity index is 1.83. The highest BCUT2D eigenvalue weighted by Crippen LogP contribution is 2.28. The second kappa shape index (κ2) is 6.79. The van der Waals surface area contributed by atoms with Crippen molar-refractivity contribution in [3.05, 3.63) is 33.8 Å². The molecule has 1 aliphatic carbocycles. The van der Waals surface area contributed by atoms with Crippen LogP contribution in [0.2, 0.25) is 10.0 Å². The monoisotopic (exact) mass is 285 g/mol. The van der Waals surface area contributed by atoms with Crippen molar-refractivity contribution < 1.29 is 0 Å². The molecule has 1 fully saturated rings. The van der Waals surface area contributed by atoms with Gasteiger partial charge < -0.3 is 5.32 Å². The van der Waals surface area contributed by atoms with E-state index < -0.39 is 0 Å². The quantitative estimate of drug-likeness (QED) is 0.782. The van der Waals surface area contributed by atoms with Crippen LogP contribution >= 0.6 is 23.2 Å². The average molecular weight is 286 g/mol. The van der Waals surface area contributed by atoms with Gasteiger partial charge >= 0.3 is 0 Å². The smallest absolute Gasteiger partial charge is 0.0454 e. The molecule has 0 amide bonds. The van der Waals surface area contributed by atoms with Gasteiger partial charge in [-0.25, -0.2) is 0 Å². The molecule has 0 spiro atoms. The normalized spacial score (nSPS) is 18.2. The van der Waals surface area contributed by atoms with Crippen molar-refractivity contribution in [2.75, 3.05) is 6.54 Å². The lowest BCUT2D eigenvalue weighted by Crippen LogP contribution is -2.21.